The van der Waals surface area contributed by atoms with Gasteiger partial charge < -0.3 is 14.8 Å². The molecule has 2 aromatic heterocycles. The monoisotopic (exact) mass is 285 g/mol. The van der Waals surface area contributed by atoms with E-state index in [0.717, 1.165) is 11.4 Å². The highest BCUT2D eigenvalue weighted by molar-refractivity contribution is 5.87. The van der Waals surface area contributed by atoms with Crippen LogP contribution in [0.2, 0.25) is 0 Å². The largest absolute Gasteiger partial charge is 0.478 e. The summed E-state index contributed by atoms with van der Waals surface area (Å²) in [5.41, 5.74) is 1.71. The fourth-order valence-corrected chi connectivity index (χ4v) is 1.86. The Morgan fingerprint density at radius 1 is 1.38 bits per heavy atom. The van der Waals surface area contributed by atoms with Crippen LogP contribution in [0.1, 0.15) is 16.1 Å². The predicted molar refractivity (Wildman–Crippen MR) is 72.1 cm³/mol. The SMILES string of the molecule is O=C(O)c1coc(CNc2ccccc2-n2cnnn2)c1. The minimum atomic E-state index is -1.01. The topological polar surface area (TPSA) is 106 Å². The van der Waals surface area contributed by atoms with Gasteiger partial charge >= 0.3 is 5.97 Å². The number of nitrogens with one attached hydrogen (secondary N) is 1. The average Bonchev–Trinajstić information content (AvgIpc) is 3.17. The van der Waals surface area contributed by atoms with Crippen molar-refractivity contribution in [1.82, 2.24) is 20.2 Å². The lowest BCUT2D eigenvalue weighted by atomic mass is 10.2. The van der Waals surface area contributed by atoms with Gasteiger partial charge in [0.15, 0.2) is 0 Å². The van der Waals surface area contributed by atoms with E-state index in [1.807, 2.05) is 24.3 Å². The summed E-state index contributed by atoms with van der Waals surface area (Å²) in [4.78, 5) is 10.8. The van der Waals surface area contributed by atoms with E-state index in [2.05, 4.69) is 20.8 Å². The summed E-state index contributed by atoms with van der Waals surface area (Å²) < 4.78 is 6.72. The summed E-state index contributed by atoms with van der Waals surface area (Å²) >= 11 is 0. The molecule has 2 N–H and O–H groups in total. The second kappa shape index (κ2) is 5.45. The van der Waals surface area contributed by atoms with Crippen molar-refractivity contribution in [2.45, 2.75) is 6.54 Å². The van der Waals surface area contributed by atoms with E-state index < -0.39 is 5.97 Å². The van der Waals surface area contributed by atoms with Crippen LogP contribution < -0.4 is 5.32 Å². The molecule has 21 heavy (non-hydrogen) atoms. The van der Waals surface area contributed by atoms with Gasteiger partial charge in [0.2, 0.25) is 0 Å². The van der Waals surface area contributed by atoms with Crippen LogP contribution in [-0.2, 0) is 6.54 Å². The number of tetrazole rings is 1. The number of furan rings is 1. The van der Waals surface area contributed by atoms with Crippen molar-refractivity contribution in [3.63, 3.8) is 0 Å². The van der Waals surface area contributed by atoms with Crippen molar-refractivity contribution < 1.29 is 14.3 Å². The molecule has 0 radical (unpaired) electrons. The molecule has 0 spiro atoms. The van der Waals surface area contributed by atoms with Gasteiger partial charge in [-0.15, -0.1) is 5.10 Å². The van der Waals surface area contributed by atoms with Crippen LogP contribution in [0.5, 0.6) is 0 Å². The van der Waals surface area contributed by atoms with Gasteiger partial charge in [-0.25, -0.2) is 4.79 Å². The number of hydrogen-bond donors (Lipinski definition) is 2. The maximum Gasteiger partial charge on any atom is 0.338 e. The molecule has 2 heterocycles. The van der Waals surface area contributed by atoms with Gasteiger partial charge in [0.05, 0.1) is 23.5 Å². The minimum absolute atomic E-state index is 0.126. The molecular weight excluding hydrogens is 274 g/mol. The third kappa shape index (κ3) is 2.73. The first-order chi connectivity index (χ1) is 10.2. The van der Waals surface area contributed by atoms with Gasteiger partial charge in [0.25, 0.3) is 0 Å². The van der Waals surface area contributed by atoms with Gasteiger partial charge in [-0.3, -0.25) is 0 Å². The van der Waals surface area contributed by atoms with Gasteiger partial charge in [0.1, 0.15) is 18.4 Å². The molecule has 0 saturated carbocycles. The van der Waals surface area contributed by atoms with Gasteiger partial charge in [-0.2, -0.15) is 4.68 Å². The smallest absolute Gasteiger partial charge is 0.338 e. The highest BCUT2D eigenvalue weighted by Gasteiger charge is 2.09. The zero-order valence-corrected chi connectivity index (χ0v) is 10.8. The van der Waals surface area contributed by atoms with E-state index in [1.54, 1.807) is 0 Å². The third-order valence-electron chi connectivity index (χ3n) is 2.85. The first kappa shape index (κ1) is 12.9. The van der Waals surface area contributed by atoms with Gasteiger partial charge in [0, 0.05) is 0 Å². The molecule has 0 aliphatic carbocycles. The van der Waals surface area contributed by atoms with Crippen molar-refractivity contribution in [2.24, 2.45) is 0 Å². The molecule has 1 aromatic carbocycles. The zero-order chi connectivity index (χ0) is 14.7. The van der Waals surface area contributed by atoms with Crippen LogP contribution in [0.3, 0.4) is 0 Å². The molecule has 0 amide bonds. The summed E-state index contributed by atoms with van der Waals surface area (Å²) in [5, 5.41) is 23.1. The maximum atomic E-state index is 10.8. The molecule has 0 fully saturated rings. The van der Waals surface area contributed by atoms with Crippen LogP contribution in [0.15, 0.2) is 47.3 Å². The van der Waals surface area contributed by atoms with E-state index in [0.29, 0.717) is 12.3 Å². The molecule has 0 bridgehead atoms. The average molecular weight is 285 g/mol. The van der Waals surface area contributed by atoms with Gasteiger partial charge in [-0.05, 0) is 28.6 Å². The van der Waals surface area contributed by atoms with Gasteiger partial charge in [-0.1, -0.05) is 12.1 Å². The van der Waals surface area contributed by atoms with E-state index >= 15 is 0 Å². The van der Waals surface area contributed by atoms with Crippen LogP contribution in [0.4, 0.5) is 5.69 Å². The molecule has 8 heteroatoms. The summed E-state index contributed by atoms with van der Waals surface area (Å²) in [6.45, 7) is 0.354. The summed E-state index contributed by atoms with van der Waals surface area (Å²) in [5.74, 6) is -0.488. The van der Waals surface area contributed by atoms with Crippen molar-refractivity contribution in [2.75, 3.05) is 5.32 Å². The Balaban J connectivity index is 1.77. The first-order valence-electron chi connectivity index (χ1n) is 6.11. The lowest BCUT2D eigenvalue weighted by Gasteiger charge is -2.09. The Morgan fingerprint density at radius 3 is 2.95 bits per heavy atom. The summed E-state index contributed by atoms with van der Waals surface area (Å²) in [6, 6.07) is 8.97. The Bertz CT molecular complexity index is 751. The molecular formula is C13H11N5O3. The van der Waals surface area contributed by atoms with E-state index in [4.69, 9.17) is 9.52 Å². The van der Waals surface area contributed by atoms with Crippen LogP contribution in [-0.4, -0.2) is 31.3 Å². The van der Waals surface area contributed by atoms with Crippen molar-refractivity contribution in [3.05, 3.63) is 54.2 Å². The first-order valence-corrected chi connectivity index (χ1v) is 6.11. The van der Waals surface area contributed by atoms with Crippen molar-refractivity contribution in [3.8, 4) is 5.69 Å². The maximum absolute atomic E-state index is 10.8. The molecule has 8 nitrogen and oxygen atoms in total. The molecule has 0 saturated heterocycles. The molecule has 0 atom stereocenters. The summed E-state index contributed by atoms with van der Waals surface area (Å²) in [6.07, 6.45) is 2.71. The Labute approximate surface area is 119 Å². The second-order valence-corrected chi connectivity index (χ2v) is 4.23. The standard InChI is InChI=1S/C13H11N5O3/c19-13(20)9-5-10(21-7-9)6-14-11-3-1-2-4-12(11)18-8-15-16-17-18/h1-5,7-8,14H,6H2,(H,19,20). The molecule has 106 valence electrons. The molecule has 0 unspecified atom stereocenters. The highest BCUT2D eigenvalue weighted by atomic mass is 16.4. The number of carboxylic acid groups (broad SMARTS) is 1. The number of carbonyl (C=O) groups is 1. The van der Waals surface area contributed by atoms with E-state index in [-0.39, 0.29) is 5.56 Å². The normalized spacial score (nSPS) is 10.5. The Kier molecular flexibility index (Phi) is 3.34. The van der Waals surface area contributed by atoms with Crippen LogP contribution in [0, 0.1) is 0 Å². The zero-order valence-electron chi connectivity index (χ0n) is 10.8. The van der Waals surface area contributed by atoms with Crippen LogP contribution >= 0.6 is 0 Å². The van der Waals surface area contributed by atoms with Crippen molar-refractivity contribution in [1.29, 1.82) is 0 Å². The number of para-hydroxylation sites is 2. The van der Waals surface area contributed by atoms with E-state index in [1.165, 1.54) is 23.3 Å². The predicted octanol–water partition coefficient (Wildman–Crippen LogP) is 1.57. The molecule has 0 aliphatic heterocycles. The van der Waals surface area contributed by atoms with E-state index in [9.17, 15) is 4.79 Å². The molecule has 3 rings (SSSR count). The number of aromatic carboxylic acids is 1. The lowest BCUT2D eigenvalue weighted by molar-refractivity contribution is 0.0696. The lowest BCUT2D eigenvalue weighted by Crippen LogP contribution is -2.04. The minimum Gasteiger partial charge on any atom is -0.478 e. The number of benzene rings is 1. The second-order valence-electron chi connectivity index (χ2n) is 4.23. The number of hydrogen-bond acceptors (Lipinski definition) is 6. The quantitative estimate of drug-likeness (QED) is 0.732. The molecule has 3 aromatic rings. The third-order valence-corrected chi connectivity index (χ3v) is 2.85. The fourth-order valence-electron chi connectivity index (χ4n) is 1.86. The number of aromatic nitrogens is 4. The number of carboxylic acids is 1. The Hall–Kier alpha value is -3.16. The molecule has 0 aliphatic rings. The number of nitrogens with zero attached hydrogens (tertiary/aromatic N) is 4. The van der Waals surface area contributed by atoms with Crippen molar-refractivity contribution >= 4 is 11.7 Å². The van der Waals surface area contributed by atoms with Crippen LogP contribution in [0.25, 0.3) is 5.69 Å². The highest BCUT2D eigenvalue weighted by Crippen LogP contribution is 2.19. The number of anilines is 1. The Morgan fingerprint density at radius 2 is 2.24 bits per heavy atom. The fraction of sp³-hybridized carbons (Fsp3) is 0.0769. The summed E-state index contributed by atoms with van der Waals surface area (Å²) in [7, 11) is 0. The number of rotatable bonds is 5.